The zero-order chi connectivity index (χ0) is 14.5. The molecule has 2 rings (SSSR count). The van der Waals surface area contributed by atoms with Gasteiger partial charge in [0.1, 0.15) is 17.5 Å². The van der Waals surface area contributed by atoms with Crippen LogP contribution in [0.4, 0.5) is 13.2 Å². The Bertz CT molecular complexity index is 584. The lowest BCUT2D eigenvalue weighted by molar-refractivity contribution is 0.497. The van der Waals surface area contributed by atoms with E-state index in [-0.39, 0.29) is 24.0 Å². The molecule has 0 saturated carbocycles. The highest BCUT2D eigenvalue weighted by atomic mass is 19.1. The van der Waals surface area contributed by atoms with E-state index in [1.807, 2.05) is 13.0 Å². The minimum atomic E-state index is -0.470. The molecule has 0 heterocycles. The van der Waals surface area contributed by atoms with Crippen molar-refractivity contribution in [2.45, 2.75) is 25.9 Å². The zero-order valence-corrected chi connectivity index (χ0v) is 11.2. The molecule has 1 atom stereocenters. The van der Waals surface area contributed by atoms with Crippen LogP contribution >= 0.6 is 0 Å². The number of hydrogen-bond acceptors (Lipinski definition) is 1. The van der Waals surface area contributed by atoms with Gasteiger partial charge in [-0.3, -0.25) is 0 Å². The maximum atomic E-state index is 13.5. The fourth-order valence-corrected chi connectivity index (χ4v) is 2.13. The molecule has 0 aliphatic rings. The van der Waals surface area contributed by atoms with Crippen LogP contribution in [0, 0.1) is 17.5 Å². The van der Waals surface area contributed by atoms with Crippen LogP contribution in [0.3, 0.4) is 0 Å². The molecule has 0 aliphatic carbocycles. The molecule has 2 aromatic rings. The van der Waals surface area contributed by atoms with Gasteiger partial charge in [-0.15, -0.1) is 0 Å². The third-order valence-corrected chi connectivity index (χ3v) is 3.21. The van der Waals surface area contributed by atoms with Gasteiger partial charge in [0, 0.05) is 18.2 Å². The summed E-state index contributed by atoms with van der Waals surface area (Å²) in [5.74, 6) is -1.23. The molecule has 0 aromatic heterocycles. The number of benzene rings is 2. The summed E-state index contributed by atoms with van der Waals surface area (Å²) in [7, 11) is 0. The Morgan fingerprint density at radius 2 is 1.75 bits per heavy atom. The predicted molar refractivity (Wildman–Crippen MR) is 72.6 cm³/mol. The van der Waals surface area contributed by atoms with Gasteiger partial charge in [-0.25, -0.2) is 13.2 Å². The molecule has 1 nitrogen and oxygen atoms in total. The molecule has 0 bridgehead atoms. The first-order valence-electron chi connectivity index (χ1n) is 6.53. The Labute approximate surface area is 116 Å². The molecular weight excluding hydrogens is 263 g/mol. The zero-order valence-electron chi connectivity index (χ0n) is 11.2. The van der Waals surface area contributed by atoms with Crippen LogP contribution in [0.5, 0.6) is 0 Å². The first-order valence-corrected chi connectivity index (χ1v) is 6.53. The average molecular weight is 279 g/mol. The van der Waals surface area contributed by atoms with E-state index in [9.17, 15) is 13.2 Å². The van der Waals surface area contributed by atoms with Gasteiger partial charge in [0.05, 0.1) is 0 Å². The van der Waals surface area contributed by atoms with Gasteiger partial charge in [0.2, 0.25) is 0 Å². The van der Waals surface area contributed by atoms with Crippen molar-refractivity contribution in [2.75, 3.05) is 0 Å². The van der Waals surface area contributed by atoms with Gasteiger partial charge >= 0.3 is 0 Å². The van der Waals surface area contributed by atoms with E-state index < -0.39 is 11.6 Å². The van der Waals surface area contributed by atoms with Crippen molar-refractivity contribution in [1.29, 1.82) is 0 Å². The molecular formula is C16H16F3N. The second kappa shape index (κ2) is 6.57. The lowest BCUT2D eigenvalue weighted by atomic mass is 10.0. The van der Waals surface area contributed by atoms with Gasteiger partial charge in [-0.05, 0) is 42.3 Å². The number of rotatable bonds is 5. The van der Waals surface area contributed by atoms with E-state index >= 15 is 0 Å². The van der Waals surface area contributed by atoms with Crippen LogP contribution in [0.1, 0.15) is 30.5 Å². The van der Waals surface area contributed by atoms with Crippen LogP contribution in [-0.2, 0) is 6.54 Å². The topological polar surface area (TPSA) is 12.0 Å². The van der Waals surface area contributed by atoms with Crippen molar-refractivity contribution in [1.82, 2.24) is 5.32 Å². The third-order valence-electron chi connectivity index (χ3n) is 3.21. The number of nitrogens with one attached hydrogen (secondary N) is 1. The van der Waals surface area contributed by atoms with E-state index in [1.165, 1.54) is 18.2 Å². The molecule has 0 amide bonds. The van der Waals surface area contributed by atoms with E-state index in [0.29, 0.717) is 0 Å². The summed E-state index contributed by atoms with van der Waals surface area (Å²) >= 11 is 0. The highest BCUT2D eigenvalue weighted by molar-refractivity contribution is 5.22. The molecule has 0 radical (unpaired) electrons. The standard InChI is InChI=1S/C16H16F3N/c1-2-16(11-4-3-5-13(17)8-11)20-10-12-9-14(18)6-7-15(12)19/h3-9,16,20H,2,10H2,1H3. The summed E-state index contributed by atoms with van der Waals surface area (Å²) in [5.41, 5.74) is 1.06. The normalized spacial score (nSPS) is 12.4. The van der Waals surface area contributed by atoms with Crippen LogP contribution in [0.15, 0.2) is 42.5 Å². The van der Waals surface area contributed by atoms with E-state index in [0.717, 1.165) is 24.1 Å². The molecule has 20 heavy (non-hydrogen) atoms. The SMILES string of the molecule is CCC(NCc1cc(F)ccc1F)c1cccc(F)c1. The smallest absolute Gasteiger partial charge is 0.127 e. The number of halogens is 3. The Hall–Kier alpha value is -1.81. The maximum absolute atomic E-state index is 13.5. The fourth-order valence-electron chi connectivity index (χ4n) is 2.13. The molecule has 0 fully saturated rings. The van der Waals surface area contributed by atoms with Crippen molar-refractivity contribution in [3.8, 4) is 0 Å². The van der Waals surface area contributed by atoms with Crippen molar-refractivity contribution in [3.05, 3.63) is 71.0 Å². The third kappa shape index (κ3) is 3.61. The van der Waals surface area contributed by atoms with Gasteiger partial charge < -0.3 is 5.32 Å². The van der Waals surface area contributed by atoms with Crippen LogP contribution < -0.4 is 5.32 Å². The lowest BCUT2D eigenvalue weighted by Crippen LogP contribution is -2.21. The lowest BCUT2D eigenvalue weighted by Gasteiger charge is -2.18. The summed E-state index contributed by atoms with van der Waals surface area (Å²) in [5, 5.41) is 3.12. The van der Waals surface area contributed by atoms with Crippen molar-refractivity contribution in [2.24, 2.45) is 0 Å². The van der Waals surface area contributed by atoms with Gasteiger partial charge in [-0.1, -0.05) is 19.1 Å². The van der Waals surface area contributed by atoms with E-state index in [1.54, 1.807) is 6.07 Å². The summed E-state index contributed by atoms with van der Waals surface area (Å²) in [6, 6.07) is 9.53. The molecule has 1 unspecified atom stereocenters. The molecule has 4 heteroatoms. The molecule has 2 aromatic carbocycles. The largest absolute Gasteiger partial charge is 0.306 e. The summed E-state index contributed by atoms with van der Waals surface area (Å²) in [6.45, 7) is 2.14. The average Bonchev–Trinajstić information content (AvgIpc) is 2.43. The monoisotopic (exact) mass is 279 g/mol. The maximum Gasteiger partial charge on any atom is 0.127 e. The van der Waals surface area contributed by atoms with Crippen LogP contribution in [0.2, 0.25) is 0 Å². The molecule has 106 valence electrons. The van der Waals surface area contributed by atoms with Crippen molar-refractivity contribution >= 4 is 0 Å². The second-order valence-corrected chi connectivity index (χ2v) is 4.63. The van der Waals surface area contributed by atoms with Crippen LogP contribution in [-0.4, -0.2) is 0 Å². The molecule has 1 N–H and O–H groups in total. The van der Waals surface area contributed by atoms with E-state index in [4.69, 9.17) is 0 Å². The van der Waals surface area contributed by atoms with Gasteiger partial charge in [-0.2, -0.15) is 0 Å². The highest BCUT2D eigenvalue weighted by Gasteiger charge is 2.11. The van der Waals surface area contributed by atoms with Crippen molar-refractivity contribution in [3.63, 3.8) is 0 Å². The first-order chi connectivity index (χ1) is 9.60. The minimum absolute atomic E-state index is 0.103. The molecule has 0 aliphatic heterocycles. The Kier molecular flexibility index (Phi) is 4.79. The van der Waals surface area contributed by atoms with Gasteiger partial charge in [0.15, 0.2) is 0 Å². The quantitative estimate of drug-likeness (QED) is 0.858. The molecule has 0 saturated heterocycles. The van der Waals surface area contributed by atoms with Gasteiger partial charge in [0.25, 0.3) is 0 Å². The number of hydrogen-bond donors (Lipinski definition) is 1. The van der Waals surface area contributed by atoms with E-state index in [2.05, 4.69) is 5.32 Å². The predicted octanol–water partition coefficient (Wildman–Crippen LogP) is 4.34. The fraction of sp³-hybridized carbons (Fsp3) is 0.250. The van der Waals surface area contributed by atoms with Crippen LogP contribution in [0.25, 0.3) is 0 Å². The second-order valence-electron chi connectivity index (χ2n) is 4.63. The summed E-state index contributed by atoms with van der Waals surface area (Å²) in [6.07, 6.45) is 0.723. The summed E-state index contributed by atoms with van der Waals surface area (Å²) in [4.78, 5) is 0. The Morgan fingerprint density at radius 3 is 2.45 bits per heavy atom. The highest BCUT2D eigenvalue weighted by Crippen LogP contribution is 2.19. The molecule has 0 spiro atoms. The Balaban J connectivity index is 2.09. The summed E-state index contributed by atoms with van der Waals surface area (Å²) < 4.78 is 39.8. The van der Waals surface area contributed by atoms with Crippen molar-refractivity contribution < 1.29 is 13.2 Å². The first kappa shape index (κ1) is 14.6. The Morgan fingerprint density at radius 1 is 1.00 bits per heavy atom. The minimum Gasteiger partial charge on any atom is -0.306 e.